The van der Waals surface area contributed by atoms with Gasteiger partial charge in [0, 0.05) is 25.7 Å². The van der Waals surface area contributed by atoms with E-state index in [2.05, 4.69) is 0 Å². The molecule has 0 bridgehead atoms. The van der Waals surface area contributed by atoms with Crippen LogP contribution in [0, 0.1) is 0 Å². The zero-order chi connectivity index (χ0) is 16.2. The molecule has 0 aromatic carbocycles. The van der Waals surface area contributed by atoms with E-state index in [1.54, 1.807) is 0 Å². The summed E-state index contributed by atoms with van der Waals surface area (Å²) in [6.07, 6.45) is 8.43. The lowest BCUT2D eigenvalue weighted by Crippen LogP contribution is -2.64. The van der Waals surface area contributed by atoms with Crippen LogP contribution in [0.1, 0.15) is 64.2 Å². The number of hydrogen-bond acceptors (Lipinski definition) is 6. The topological polar surface area (TPSA) is 66.4 Å². The van der Waals surface area contributed by atoms with Crippen molar-refractivity contribution >= 4 is 0 Å². The summed E-state index contributed by atoms with van der Waals surface area (Å²) >= 11 is 0. The summed E-state index contributed by atoms with van der Waals surface area (Å²) in [4.78, 5) is 0. The Bertz CT molecular complexity index is 470. The van der Waals surface area contributed by atoms with Crippen molar-refractivity contribution in [3.63, 3.8) is 0 Å². The third-order valence-corrected chi connectivity index (χ3v) is 6.40. The molecule has 0 unspecified atom stereocenters. The molecule has 0 amide bonds. The predicted octanol–water partition coefficient (Wildman–Crippen LogP) is 2.22. The van der Waals surface area contributed by atoms with Crippen molar-refractivity contribution < 1.29 is 28.8 Å². The molecule has 3 aliphatic heterocycles. The number of fused-ring (bicyclic) bond motifs is 3. The van der Waals surface area contributed by atoms with Gasteiger partial charge in [-0.2, -0.15) is 0 Å². The van der Waals surface area contributed by atoms with Crippen molar-refractivity contribution in [1.82, 2.24) is 0 Å². The number of ether oxygens (including phenoxy) is 5. The van der Waals surface area contributed by atoms with E-state index in [9.17, 15) is 5.11 Å². The lowest BCUT2D eigenvalue weighted by Gasteiger charge is -2.50. The lowest BCUT2D eigenvalue weighted by molar-refractivity contribution is -0.382. The summed E-state index contributed by atoms with van der Waals surface area (Å²) in [6.45, 7) is 0.460. The number of aliphatic hydroxyl groups excluding tert-OH is 1. The first-order chi connectivity index (χ1) is 11.7. The second kappa shape index (κ2) is 5.89. The summed E-state index contributed by atoms with van der Waals surface area (Å²) in [6, 6.07) is 0. The van der Waals surface area contributed by atoms with Crippen molar-refractivity contribution in [2.75, 3.05) is 6.61 Å². The van der Waals surface area contributed by atoms with Gasteiger partial charge in [-0.05, 0) is 25.7 Å². The maximum atomic E-state index is 10.4. The Kier molecular flexibility index (Phi) is 3.92. The van der Waals surface area contributed by atoms with Gasteiger partial charge < -0.3 is 28.8 Å². The first-order valence-electron chi connectivity index (χ1n) is 9.70. The molecule has 0 aromatic rings. The Labute approximate surface area is 142 Å². The highest BCUT2D eigenvalue weighted by molar-refractivity contribution is 5.01. The number of aliphatic hydroxyl groups is 1. The van der Waals surface area contributed by atoms with Crippen molar-refractivity contribution in [2.45, 2.75) is 106 Å². The van der Waals surface area contributed by atoms with Crippen LogP contribution in [0.15, 0.2) is 0 Å². The molecule has 6 heteroatoms. The molecule has 0 radical (unpaired) electrons. The Hall–Kier alpha value is -0.240. The van der Waals surface area contributed by atoms with E-state index in [0.717, 1.165) is 51.4 Å². The summed E-state index contributed by atoms with van der Waals surface area (Å²) in [5, 5.41) is 10.4. The van der Waals surface area contributed by atoms with Gasteiger partial charge >= 0.3 is 0 Å². The van der Waals surface area contributed by atoms with Gasteiger partial charge in [0.25, 0.3) is 0 Å². The monoisotopic (exact) mass is 340 g/mol. The van der Waals surface area contributed by atoms with E-state index in [1.807, 2.05) is 0 Å². The van der Waals surface area contributed by atoms with E-state index in [4.69, 9.17) is 23.7 Å². The van der Waals surface area contributed by atoms with Gasteiger partial charge in [0.05, 0.1) is 6.61 Å². The SMILES string of the molecule is O[C@@H]1O[C@H]2COC3(CCCCC3)O[C@H]2[C@H]2OC3(CCCCC3)O[C@@H]21. The Balaban J connectivity index is 1.38. The smallest absolute Gasteiger partial charge is 0.184 e. The zero-order valence-electron chi connectivity index (χ0n) is 14.2. The number of hydrogen-bond donors (Lipinski definition) is 1. The van der Waals surface area contributed by atoms with Crippen LogP contribution in [-0.2, 0) is 23.7 Å². The van der Waals surface area contributed by atoms with Crippen LogP contribution in [-0.4, -0.2) is 54.0 Å². The highest BCUT2D eigenvalue weighted by atomic mass is 16.8. The van der Waals surface area contributed by atoms with E-state index < -0.39 is 24.0 Å². The average Bonchev–Trinajstić information content (AvgIpc) is 2.97. The van der Waals surface area contributed by atoms with E-state index in [1.165, 1.54) is 12.8 Å². The van der Waals surface area contributed by atoms with Gasteiger partial charge in [0.15, 0.2) is 17.9 Å². The summed E-state index contributed by atoms with van der Waals surface area (Å²) < 4.78 is 30.9. The second-order valence-electron chi connectivity index (χ2n) is 8.07. The minimum absolute atomic E-state index is 0.216. The Morgan fingerprint density at radius 3 is 1.96 bits per heavy atom. The van der Waals surface area contributed by atoms with Crippen LogP contribution in [0.3, 0.4) is 0 Å². The van der Waals surface area contributed by atoms with Gasteiger partial charge in [-0.15, -0.1) is 0 Å². The molecular formula is C18H28O6. The molecule has 5 rings (SSSR count). The van der Waals surface area contributed by atoms with Crippen LogP contribution in [0.2, 0.25) is 0 Å². The van der Waals surface area contributed by atoms with Gasteiger partial charge in [-0.3, -0.25) is 0 Å². The molecule has 1 N–H and O–H groups in total. The van der Waals surface area contributed by atoms with E-state index >= 15 is 0 Å². The normalized spacial score (nSPS) is 46.6. The largest absolute Gasteiger partial charge is 0.366 e. The highest BCUT2D eigenvalue weighted by Gasteiger charge is 2.61. The van der Waals surface area contributed by atoms with Crippen LogP contribution in [0.25, 0.3) is 0 Å². The fourth-order valence-corrected chi connectivity index (χ4v) is 5.15. The van der Waals surface area contributed by atoms with Gasteiger partial charge in [-0.25, -0.2) is 0 Å². The molecule has 2 spiro atoms. The summed E-state index contributed by atoms with van der Waals surface area (Å²) in [5.41, 5.74) is 0. The molecule has 6 nitrogen and oxygen atoms in total. The predicted molar refractivity (Wildman–Crippen MR) is 83.1 cm³/mol. The maximum absolute atomic E-state index is 10.4. The van der Waals surface area contributed by atoms with E-state index in [0.29, 0.717) is 6.61 Å². The van der Waals surface area contributed by atoms with E-state index in [-0.39, 0.29) is 18.3 Å². The van der Waals surface area contributed by atoms with Crippen LogP contribution in [0.5, 0.6) is 0 Å². The zero-order valence-corrected chi connectivity index (χ0v) is 14.2. The van der Waals surface area contributed by atoms with Crippen molar-refractivity contribution in [1.29, 1.82) is 0 Å². The van der Waals surface area contributed by atoms with Crippen molar-refractivity contribution in [3.8, 4) is 0 Å². The Morgan fingerprint density at radius 1 is 0.667 bits per heavy atom. The minimum Gasteiger partial charge on any atom is -0.366 e. The van der Waals surface area contributed by atoms with Crippen LogP contribution >= 0.6 is 0 Å². The Morgan fingerprint density at radius 2 is 1.25 bits per heavy atom. The van der Waals surface area contributed by atoms with Crippen molar-refractivity contribution in [2.24, 2.45) is 0 Å². The first kappa shape index (κ1) is 16.0. The third-order valence-electron chi connectivity index (χ3n) is 6.40. The standard InChI is InChI=1S/C18H28O6/c19-16-15-14(23-18(24-15)9-5-2-6-10-18)13-12(21-16)11-20-17(22-13)7-3-1-4-8-17/h12-16,19H,1-11H2/t12-,13+,14+,15-,16+/m0/s1. The van der Waals surface area contributed by atoms with Crippen molar-refractivity contribution in [3.05, 3.63) is 0 Å². The molecule has 136 valence electrons. The average molecular weight is 340 g/mol. The second-order valence-corrected chi connectivity index (χ2v) is 8.07. The molecule has 5 atom stereocenters. The molecule has 24 heavy (non-hydrogen) atoms. The molecule has 2 aliphatic carbocycles. The molecule has 0 aromatic heterocycles. The molecule has 2 saturated carbocycles. The quantitative estimate of drug-likeness (QED) is 0.729. The van der Waals surface area contributed by atoms with Gasteiger partial charge in [-0.1, -0.05) is 12.8 Å². The fourth-order valence-electron chi connectivity index (χ4n) is 5.15. The fraction of sp³-hybridized carbons (Fsp3) is 1.00. The molecular weight excluding hydrogens is 312 g/mol. The minimum atomic E-state index is -0.967. The molecule has 5 fully saturated rings. The lowest BCUT2D eigenvalue weighted by atomic mass is 9.90. The van der Waals surface area contributed by atoms with Gasteiger partial charge in [0.2, 0.25) is 0 Å². The third kappa shape index (κ3) is 2.54. The maximum Gasteiger partial charge on any atom is 0.184 e. The van der Waals surface area contributed by atoms with Crippen LogP contribution in [0.4, 0.5) is 0 Å². The molecule has 3 saturated heterocycles. The summed E-state index contributed by atoms with van der Waals surface area (Å²) in [5.74, 6) is -1.03. The first-order valence-corrected chi connectivity index (χ1v) is 9.70. The molecule has 5 aliphatic rings. The number of rotatable bonds is 0. The summed E-state index contributed by atoms with van der Waals surface area (Å²) in [7, 11) is 0. The highest BCUT2D eigenvalue weighted by Crippen LogP contribution is 2.48. The molecule has 3 heterocycles. The van der Waals surface area contributed by atoms with Gasteiger partial charge in [0.1, 0.15) is 24.4 Å². The van der Waals surface area contributed by atoms with Crippen LogP contribution < -0.4 is 0 Å².